The summed E-state index contributed by atoms with van der Waals surface area (Å²) in [6.07, 6.45) is 7.85. The molecule has 3 rings (SSSR count). The predicted octanol–water partition coefficient (Wildman–Crippen LogP) is 4.78. The number of H-pyrrole nitrogens is 1. The Morgan fingerprint density at radius 1 is 1.09 bits per heavy atom. The van der Waals surface area contributed by atoms with Crippen LogP contribution in [0.2, 0.25) is 5.02 Å². The molecule has 0 amide bonds. The molecule has 1 aromatic carbocycles. The molecule has 0 radical (unpaired) electrons. The second kappa shape index (κ2) is 6.13. The van der Waals surface area contributed by atoms with Crippen molar-refractivity contribution in [3.8, 4) is 0 Å². The zero-order chi connectivity index (χ0) is 15.6. The minimum absolute atomic E-state index is 0.0432. The molecule has 1 aliphatic rings. The van der Waals surface area contributed by atoms with E-state index in [9.17, 15) is 10.1 Å². The number of rotatable bonds is 4. The molecule has 1 aliphatic carbocycles. The summed E-state index contributed by atoms with van der Waals surface area (Å²) in [6.45, 7) is 0. The van der Waals surface area contributed by atoms with Gasteiger partial charge in [-0.2, -0.15) is 0 Å². The lowest BCUT2D eigenvalue weighted by molar-refractivity contribution is -0.578. The third-order valence-corrected chi connectivity index (χ3v) is 5.03. The highest BCUT2D eigenvalue weighted by atomic mass is 35.5. The zero-order valence-electron chi connectivity index (χ0n) is 12.3. The van der Waals surface area contributed by atoms with E-state index in [1.807, 2.05) is 42.7 Å². The first-order chi connectivity index (χ1) is 10.6. The van der Waals surface area contributed by atoms with Crippen LogP contribution in [0.1, 0.15) is 49.1 Å². The molecule has 0 spiro atoms. The largest absolute Gasteiger partial charge is 0.367 e. The lowest BCUT2D eigenvalue weighted by atomic mass is 9.68. The number of aromatic amines is 1. The maximum absolute atomic E-state index is 12.0. The van der Waals surface area contributed by atoms with Crippen LogP contribution in [0.3, 0.4) is 0 Å². The number of hydrogen-bond donors (Lipinski definition) is 1. The van der Waals surface area contributed by atoms with E-state index in [0.29, 0.717) is 17.9 Å². The number of nitrogens with zero attached hydrogens (tertiary/aromatic N) is 1. The SMILES string of the molecule is O=[N+]([O-])C1(C(c2ccc(Cl)cc2)c2cc[nH]c2)CCCCC1. The lowest BCUT2D eigenvalue weighted by Gasteiger charge is -2.36. The summed E-state index contributed by atoms with van der Waals surface area (Å²) in [5.41, 5.74) is 1.01. The van der Waals surface area contributed by atoms with E-state index in [2.05, 4.69) is 4.98 Å². The van der Waals surface area contributed by atoms with Gasteiger partial charge in [0.2, 0.25) is 5.54 Å². The molecule has 116 valence electrons. The Hall–Kier alpha value is -1.81. The molecular weight excluding hydrogens is 300 g/mol. The summed E-state index contributed by atoms with van der Waals surface area (Å²) in [4.78, 5) is 15.0. The summed E-state index contributed by atoms with van der Waals surface area (Å²) >= 11 is 5.98. The van der Waals surface area contributed by atoms with Gasteiger partial charge in [-0.05, 0) is 42.2 Å². The predicted molar refractivity (Wildman–Crippen MR) is 86.9 cm³/mol. The van der Waals surface area contributed by atoms with Gasteiger partial charge in [0.05, 0.1) is 5.92 Å². The van der Waals surface area contributed by atoms with Crippen molar-refractivity contribution in [2.45, 2.75) is 43.6 Å². The van der Waals surface area contributed by atoms with Gasteiger partial charge in [0.1, 0.15) is 0 Å². The summed E-state index contributed by atoms with van der Waals surface area (Å²) < 4.78 is 0. The second-order valence-corrected chi connectivity index (χ2v) is 6.49. The molecular formula is C17H19ClN2O2. The van der Waals surface area contributed by atoms with E-state index in [0.717, 1.165) is 30.4 Å². The van der Waals surface area contributed by atoms with Crippen molar-refractivity contribution < 1.29 is 4.92 Å². The number of halogens is 1. The van der Waals surface area contributed by atoms with Crippen molar-refractivity contribution in [3.05, 3.63) is 69.0 Å². The maximum Gasteiger partial charge on any atom is 0.233 e. The maximum atomic E-state index is 12.0. The van der Waals surface area contributed by atoms with Crippen molar-refractivity contribution in [2.24, 2.45) is 0 Å². The molecule has 0 saturated heterocycles. The first kappa shape index (κ1) is 15.1. The van der Waals surface area contributed by atoms with Gasteiger partial charge in [-0.3, -0.25) is 10.1 Å². The van der Waals surface area contributed by atoms with Crippen LogP contribution in [0.5, 0.6) is 0 Å². The first-order valence-electron chi connectivity index (χ1n) is 7.66. The first-order valence-corrected chi connectivity index (χ1v) is 8.04. The molecule has 4 nitrogen and oxygen atoms in total. The van der Waals surface area contributed by atoms with E-state index >= 15 is 0 Å². The number of benzene rings is 1. The Kier molecular flexibility index (Phi) is 4.21. The monoisotopic (exact) mass is 318 g/mol. The molecule has 1 saturated carbocycles. The fourth-order valence-corrected chi connectivity index (χ4v) is 3.85. The van der Waals surface area contributed by atoms with Gasteiger partial charge in [0.15, 0.2) is 0 Å². The molecule has 1 N–H and O–H groups in total. The van der Waals surface area contributed by atoms with Gasteiger partial charge in [0.25, 0.3) is 0 Å². The van der Waals surface area contributed by atoms with E-state index < -0.39 is 5.54 Å². The van der Waals surface area contributed by atoms with Crippen LogP contribution >= 0.6 is 11.6 Å². The Labute approximate surface area is 134 Å². The van der Waals surface area contributed by atoms with Gasteiger partial charge >= 0.3 is 0 Å². The van der Waals surface area contributed by atoms with E-state index in [-0.39, 0.29) is 10.8 Å². The van der Waals surface area contributed by atoms with Crippen LogP contribution in [0, 0.1) is 10.1 Å². The Bertz CT molecular complexity index is 631. The molecule has 2 aromatic rings. The smallest absolute Gasteiger partial charge is 0.233 e. The Morgan fingerprint density at radius 3 is 2.32 bits per heavy atom. The van der Waals surface area contributed by atoms with Crippen molar-refractivity contribution in [1.82, 2.24) is 4.98 Å². The summed E-state index contributed by atoms with van der Waals surface area (Å²) in [5, 5.41) is 12.7. The lowest BCUT2D eigenvalue weighted by Crippen LogP contribution is -2.46. The van der Waals surface area contributed by atoms with Crippen LogP contribution in [-0.2, 0) is 0 Å². The number of aromatic nitrogens is 1. The van der Waals surface area contributed by atoms with Gasteiger partial charge in [-0.1, -0.05) is 30.2 Å². The average molecular weight is 319 g/mol. The Morgan fingerprint density at radius 2 is 1.77 bits per heavy atom. The fourth-order valence-electron chi connectivity index (χ4n) is 3.73. The van der Waals surface area contributed by atoms with Crippen molar-refractivity contribution >= 4 is 11.6 Å². The Balaban J connectivity index is 2.11. The molecule has 1 fully saturated rings. The average Bonchev–Trinajstić information content (AvgIpc) is 3.04. The fraction of sp³-hybridized carbons (Fsp3) is 0.412. The van der Waals surface area contributed by atoms with Gasteiger partial charge < -0.3 is 4.98 Å². The van der Waals surface area contributed by atoms with Crippen LogP contribution in [0.15, 0.2) is 42.7 Å². The molecule has 0 aliphatic heterocycles. The topological polar surface area (TPSA) is 58.9 Å². The van der Waals surface area contributed by atoms with Crippen molar-refractivity contribution in [3.63, 3.8) is 0 Å². The normalized spacial score (nSPS) is 18.8. The van der Waals surface area contributed by atoms with E-state index in [4.69, 9.17) is 11.6 Å². The summed E-state index contributed by atoms with van der Waals surface area (Å²) in [6, 6.07) is 9.40. The molecule has 1 aromatic heterocycles. The third-order valence-electron chi connectivity index (χ3n) is 4.78. The molecule has 5 heteroatoms. The highest BCUT2D eigenvalue weighted by Gasteiger charge is 2.52. The van der Waals surface area contributed by atoms with E-state index in [1.165, 1.54) is 0 Å². The molecule has 0 bridgehead atoms. The highest BCUT2D eigenvalue weighted by molar-refractivity contribution is 6.30. The molecule has 1 heterocycles. The summed E-state index contributed by atoms with van der Waals surface area (Å²) in [5.74, 6) is -0.244. The minimum atomic E-state index is -0.922. The number of nitro groups is 1. The molecule has 22 heavy (non-hydrogen) atoms. The molecule has 1 atom stereocenters. The van der Waals surface area contributed by atoms with Crippen LogP contribution in [0.4, 0.5) is 0 Å². The molecule has 1 unspecified atom stereocenters. The number of nitrogens with one attached hydrogen (secondary N) is 1. The van der Waals surface area contributed by atoms with Crippen molar-refractivity contribution in [2.75, 3.05) is 0 Å². The summed E-state index contributed by atoms with van der Waals surface area (Å²) in [7, 11) is 0. The zero-order valence-corrected chi connectivity index (χ0v) is 13.1. The van der Waals surface area contributed by atoms with Gasteiger partial charge in [-0.15, -0.1) is 0 Å². The van der Waals surface area contributed by atoms with Gasteiger partial charge in [-0.25, -0.2) is 0 Å². The van der Waals surface area contributed by atoms with Gasteiger partial charge in [0, 0.05) is 35.2 Å². The highest BCUT2D eigenvalue weighted by Crippen LogP contribution is 2.46. The van der Waals surface area contributed by atoms with Crippen molar-refractivity contribution in [1.29, 1.82) is 0 Å². The quantitative estimate of drug-likeness (QED) is 0.651. The standard InChI is InChI=1S/C17H19ClN2O2/c18-15-6-4-13(5-7-15)16(14-8-11-19-12-14)17(20(21)22)9-2-1-3-10-17/h4-8,11-12,16,19H,1-3,9-10H2. The van der Waals surface area contributed by atoms with Crippen LogP contribution < -0.4 is 0 Å². The minimum Gasteiger partial charge on any atom is -0.367 e. The second-order valence-electron chi connectivity index (χ2n) is 6.05. The number of hydrogen-bond acceptors (Lipinski definition) is 2. The van der Waals surface area contributed by atoms with Crippen LogP contribution in [0.25, 0.3) is 0 Å². The van der Waals surface area contributed by atoms with Crippen LogP contribution in [-0.4, -0.2) is 15.4 Å². The van der Waals surface area contributed by atoms with E-state index in [1.54, 1.807) is 0 Å². The third kappa shape index (κ3) is 2.63.